The number of rotatable bonds is 7. The molecule has 6 heteroatoms. The SMILES string of the molecule is Cn1cccc1CN(CCCN1CCOCC1)C(=O)c1cccc(Br)c1. The Labute approximate surface area is 163 Å². The van der Waals surface area contributed by atoms with Crippen LogP contribution in [0.25, 0.3) is 0 Å². The summed E-state index contributed by atoms with van der Waals surface area (Å²) in [4.78, 5) is 17.4. The molecule has 2 aromatic rings. The van der Waals surface area contributed by atoms with Gasteiger partial charge in [0.25, 0.3) is 5.91 Å². The van der Waals surface area contributed by atoms with Crippen LogP contribution in [0.15, 0.2) is 47.1 Å². The van der Waals surface area contributed by atoms with Gasteiger partial charge in [-0.1, -0.05) is 22.0 Å². The molecular weight excluding hydrogens is 394 g/mol. The van der Waals surface area contributed by atoms with E-state index in [1.807, 2.05) is 48.5 Å². The van der Waals surface area contributed by atoms with Gasteiger partial charge in [-0.05, 0) is 36.8 Å². The molecule has 0 radical (unpaired) electrons. The highest BCUT2D eigenvalue weighted by atomic mass is 79.9. The number of nitrogens with zero attached hydrogens (tertiary/aromatic N) is 3. The molecule has 0 saturated carbocycles. The van der Waals surface area contributed by atoms with E-state index in [0.717, 1.165) is 61.5 Å². The number of carbonyl (C=O) groups excluding carboxylic acids is 1. The Morgan fingerprint density at radius 3 is 2.73 bits per heavy atom. The molecule has 0 bridgehead atoms. The van der Waals surface area contributed by atoms with Gasteiger partial charge < -0.3 is 14.2 Å². The zero-order valence-corrected chi connectivity index (χ0v) is 16.8. The normalized spacial score (nSPS) is 15.2. The number of ether oxygens (including phenoxy) is 1. The minimum Gasteiger partial charge on any atom is -0.379 e. The number of amides is 1. The highest BCUT2D eigenvalue weighted by molar-refractivity contribution is 9.10. The molecule has 0 atom stereocenters. The minimum atomic E-state index is 0.0782. The summed E-state index contributed by atoms with van der Waals surface area (Å²) in [5.41, 5.74) is 1.86. The van der Waals surface area contributed by atoms with E-state index in [4.69, 9.17) is 4.74 Å². The van der Waals surface area contributed by atoms with Gasteiger partial charge in [0.1, 0.15) is 0 Å². The average molecular weight is 420 g/mol. The molecule has 1 aromatic heterocycles. The van der Waals surface area contributed by atoms with E-state index in [1.54, 1.807) is 0 Å². The number of carbonyl (C=O) groups is 1. The van der Waals surface area contributed by atoms with Gasteiger partial charge in [0.05, 0.1) is 19.8 Å². The van der Waals surface area contributed by atoms with E-state index in [2.05, 4.69) is 31.5 Å². The Kier molecular flexibility index (Phi) is 6.88. The monoisotopic (exact) mass is 419 g/mol. The van der Waals surface area contributed by atoms with Gasteiger partial charge in [-0.2, -0.15) is 0 Å². The second-order valence-electron chi connectivity index (χ2n) is 6.66. The van der Waals surface area contributed by atoms with Crippen molar-refractivity contribution in [3.63, 3.8) is 0 Å². The van der Waals surface area contributed by atoms with Crippen molar-refractivity contribution < 1.29 is 9.53 Å². The first-order valence-electron chi connectivity index (χ1n) is 9.08. The number of hydrogen-bond donors (Lipinski definition) is 0. The van der Waals surface area contributed by atoms with Crippen LogP contribution in [0, 0.1) is 0 Å². The molecule has 1 fully saturated rings. The smallest absolute Gasteiger partial charge is 0.254 e. The lowest BCUT2D eigenvalue weighted by Gasteiger charge is -2.28. The molecule has 3 rings (SSSR count). The molecule has 1 saturated heterocycles. The fourth-order valence-corrected chi connectivity index (χ4v) is 3.62. The maximum absolute atomic E-state index is 13.1. The quantitative estimate of drug-likeness (QED) is 0.691. The van der Waals surface area contributed by atoms with Gasteiger partial charge in [-0.3, -0.25) is 9.69 Å². The van der Waals surface area contributed by atoms with Crippen LogP contribution < -0.4 is 0 Å². The summed E-state index contributed by atoms with van der Waals surface area (Å²) >= 11 is 3.46. The summed E-state index contributed by atoms with van der Waals surface area (Å²) in [6.45, 7) is 5.95. The molecule has 2 heterocycles. The van der Waals surface area contributed by atoms with Crippen LogP contribution in [0.4, 0.5) is 0 Å². The molecule has 1 aromatic carbocycles. The van der Waals surface area contributed by atoms with Gasteiger partial charge in [0.15, 0.2) is 0 Å². The van der Waals surface area contributed by atoms with Crippen LogP contribution in [0.1, 0.15) is 22.5 Å². The molecule has 0 unspecified atom stereocenters. The predicted molar refractivity (Wildman–Crippen MR) is 106 cm³/mol. The lowest BCUT2D eigenvalue weighted by molar-refractivity contribution is 0.0355. The second-order valence-corrected chi connectivity index (χ2v) is 7.57. The van der Waals surface area contributed by atoms with Crippen LogP contribution in [0.3, 0.4) is 0 Å². The first-order valence-corrected chi connectivity index (χ1v) is 9.88. The minimum absolute atomic E-state index is 0.0782. The Hall–Kier alpha value is -1.63. The summed E-state index contributed by atoms with van der Waals surface area (Å²) in [7, 11) is 2.02. The summed E-state index contributed by atoms with van der Waals surface area (Å²) in [6.07, 6.45) is 2.98. The zero-order valence-electron chi connectivity index (χ0n) is 15.2. The fraction of sp³-hybridized carbons (Fsp3) is 0.450. The van der Waals surface area contributed by atoms with Crippen LogP contribution >= 0.6 is 15.9 Å². The van der Waals surface area contributed by atoms with Crippen LogP contribution in [0.2, 0.25) is 0 Å². The molecule has 1 aliphatic heterocycles. The standard InChI is InChI=1S/C20H26BrN3O2/c1-22-8-3-7-19(22)16-24(10-4-9-23-11-13-26-14-12-23)20(25)17-5-2-6-18(21)15-17/h2-3,5-8,15H,4,9-14,16H2,1H3. The molecule has 0 aliphatic carbocycles. The van der Waals surface area contributed by atoms with Gasteiger partial charge in [0.2, 0.25) is 0 Å². The second kappa shape index (κ2) is 9.35. The van der Waals surface area contributed by atoms with E-state index in [9.17, 15) is 4.79 Å². The number of morpholine rings is 1. The fourth-order valence-electron chi connectivity index (χ4n) is 3.22. The Morgan fingerprint density at radius 2 is 2.04 bits per heavy atom. The number of aromatic nitrogens is 1. The Bertz CT molecular complexity index is 725. The number of benzene rings is 1. The average Bonchev–Trinajstić information content (AvgIpc) is 3.06. The molecule has 1 amide bonds. The van der Waals surface area contributed by atoms with Crippen molar-refractivity contribution in [2.45, 2.75) is 13.0 Å². The van der Waals surface area contributed by atoms with Crippen LogP contribution in [-0.4, -0.2) is 59.7 Å². The first-order chi connectivity index (χ1) is 12.6. The van der Waals surface area contributed by atoms with Crippen LogP contribution in [-0.2, 0) is 18.3 Å². The molecule has 26 heavy (non-hydrogen) atoms. The lowest BCUT2D eigenvalue weighted by Crippen LogP contribution is -2.39. The van der Waals surface area contributed by atoms with E-state index < -0.39 is 0 Å². The first kappa shape index (κ1) is 19.1. The topological polar surface area (TPSA) is 37.7 Å². The van der Waals surface area contributed by atoms with E-state index in [0.29, 0.717) is 6.54 Å². The van der Waals surface area contributed by atoms with Crippen molar-refractivity contribution in [3.05, 3.63) is 58.3 Å². The number of hydrogen-bond acceptors (Lipinski definition) is 3. The molecule has 5 nitrogen and oxygen atoms in total. The van der Waals surface area contributed by atoms with E-state index in [-0.39, 0.29) is 5.91 Å². The third-order valence-corrected chi connectivity index (χ3v) is 5.26. The summed E-state index contributed by atoms with van der Waals surface area (Å²) in [5, 5.41) is 0. The van der Waals surface area contributed by atoms with Gasteiger partial charge in [-0.25, -0.2) is 0 Å². The third kappa shape index (κ3) is 5.19. The zero-order chi connectivity index (χ0) is 18.4. The maximum atomic E-state index is 13.1. The maximum Gasteiger partial charge on any atom is 0.254 e. The summed E-state index contributed by atoms with van der Waals surface area (Å²) in [6, 6.07) is 11.7. The highest BCUT2D eigenvalue weighted by Crippen LogP contribution is 2.16. The van der Waals surface area contributed by atoms with E-state index >= 15 is 0 Å². The van der Waals surface area contributed by atoms with Gasteiger partial charge in [-0.15, -0.1) is 0 Å². The largest absolute Gasteiger partial charge is 0.379 e. The Morgan fingerprint density at radius 1 is 1.23 bits per heavy atom. The lowest BCUT2D eigenvalue weighted by atomic mass is 10.2. The highest BCUT2D eigenvalue weighted by Gasteiger charge is 2.18. The third-order valence-electron chi connectivity index (χ3n) is 4.77. The number of aryl methyl sites for hydroxylation is 1. The van der Waals surface area contributed by atoms with Crippen molar-refractivity contribution in [2.75, 3.05) is 39.4 Å². The van der Waals surface area contributed by atoms with Crippen molar-refractivity contribution >= 4 is 21.8 Å². The molecule has 0 N–H and O–H groups in total. The molecule has 140 valence electrons. The summed E-state index contributed by atoms with van der Waals surface area (Å²) < 4.78 is 8.40. The van der Waals surface area contributed by atoms with Crippen molar-refractivity contribution in [2.24, 2.45) is 7.05 Å². The Balaban J connectivity index is 1.66. The van der Waals surface area contributed by atoms with Gasteiger partial charge in [0, 0.05) is 55.2 Å². The molecular formula is C20H26BrN3O2. The van der Waals surface area contributed by atoms with Gasteiger partial charge >= 0.3 is 0 Å². The molecule has 1 aliphatic rings. The van der Waals surface area contributed by atoms with Crippen molar-refractivity contribution in [3.8, 4) is 0 Å². The predicted octanol–water partition coefficient (Wildman–Crippen LogP) is 3.15. The van der Waals surface area contributed by atoms with Crippen LogP contribution in [0.5, 0.6) is 0 Å². The number of halogens is 1. The molecule has 0 spiro atoms. The van der Waals surface area contributed by atoms with Crippen molar-refractivity contribution in [1.29, 1.82) is 0 Å². The summed E-state index contributed by atoms with van der Waals surface area (Å²) in [5.74, 6) is 0.0782. The van der Waals surface area contributed by atoms with Crippen molar-refractivity contribution in [1.82, 2.24) is 14.4 Å². The van der Waals surface area contributed by atoms with E-state index in [1.165, 1.54) is 0 Å².